The lowest BCUT2D eigenvalue weighted by Crippen LogP contribution is -2.32. The van der Waals surface area contributed by atoms with Gasteiger partial charge in [0.1, 0.15) is 5.00 Å². The fourth-order valence-corrected chi connectivity index (χ4v) is 5.39. The van der Waals surface area contributed by atoms with E-state index in [1.807, 2.05) is 11.4 Å². The lowest BCUT2D eigenvalue weighted by Gasteiger charge is -2.34. The maximum atomic E-state index is 12.8. The van der Waals surface area contributed by atoms with Crippen LogP contribution in [0.15, 0.2) is 17.5 Å². The maximum absolute atomic E-state index is 12.8. The van der Waals surface area contributed by atoms with Crippen molar-refractivity contribution in [3.8, 4) is 0 Å². The predicted octanol–water partition coefficient (Wildman–Crippen LogP) is 5.53. The van der Waals surface area contributed by atoms with E-state index >= 15 is 0 Å². The molecule has 1 N–H and O–H groups in total. The highest BCUT2D eigenvalue weighted by Gasteiger charge is 2.38. The molecule has 0 unspecified atom stereocenters. The summed E-state index contributed by atoms with van der Waals surface area (Å²) in [5.74, 6) is -0.00156. The Kier molecular flexibility index (Phi) is 6.58. The van der Waals surface area contributed by atoms with Crippen LogP contribution in [0.2, 0.25) is 0 Å². The summed E-state index contributed by atoms with van der Waals surface area (Å²) in [5.41, 5.74) is 1.46. The summed E-state index contributed by atoms with van der Waals surface area (Å²) in [6.45, 7) is 10.6. The van der Waals surface area contributed by atoms with Crippen LogP contribution in [-0.4, -0.2) is 24.6 Å². The molecule has 2 atom stereocenters. The molecule has 5 nitrogen and oxygen atoms in total. The molecule has 0 saturated heterocycles. The fourth-order valence-electron chi connectivity index (χ4n) is 3.35. The van der Waals surface area contributed by atoms with E-state index in [1.54, 1.807) is 13.0 Å². The fraction of sp³-hybridized carbons (Fsp3) is 0.524. The second kappa shape index (κ2) is 8.76. The van der Waals surface area contributed by atoms with Gasteiger partial charge in [-0.3, -0.25) is 4.79 Å². The van der Waals surface area contributed by atoms with Gasteiger partial charge < -0.3 is 14.8 Å². The van der Waals surface area contributed by atoms with Crippen molar-refractivity contribution in [1.29, 1.82) is 0 Å². The highest BCUT2D eigenvalue weighted by Crippen LogP contribution is 2.46. The Morgan fingerprint density at radius 1 is 1.29 bits per heavy atom. The number of hydrogen-bond acceptors (Lipinski definition) is 6. The van der Waals surface area contributed by atoms with Crippen LogP contribution in [-0.2, 0) is 15.9 Å². The number of carbonyl (C=O) groups excluding carboxylic acids is 2. The summed E-state index contributed by atoms with van der Waals surface area (Å²) in [6.07, 6.45) is 0.584. The number of esters is 1. The zero-order chi connectivity index (χ0) is 20.4. The Labute approximate surface area is 174 Å². The number of fused-ring (bicyclic) bond motifs is 1. The summed E-state index contributed by atoms with van der Waals surface area (Å²) in [5, 5.41) is 5.36. The molecule has 2 aromatic heterocycles. The first-order valence-electron chi connectivity index (χ1n) is 9.66. The first kappa shape index (κ1) is 21.0. The number of hydrogen-bond donors (Lipinski definition) is 1. The SMILES string of the molecule is CCOC(=O)c1c(NC(=O)c2cccs2)sc2c1C[C@H](C(C)C)O[C@H]2C(C)C. The topological polar surface area (TPSA) is 64.6 Å². The summed E-state index contributed by atoms with van der Waals surface area (Å²) in [7, 11) is 0. The van der Waals surface area contributed by atoms with Crippen LogP contribution in [0.1, 0.15) is 71.2 Å². The van der Waals surface area contributed by atoms with Crippen molar-refractivity contribution in [1.82, 2.24) is 0 Å². The normalized spacial score (nSPS) is 19.0. The van der Waals surface area contributed by atoms with Gasteiger partial charge in [0.15, 0.2) is 0 Å². The minimum absolute atomic E-state index is 0.0310. The van der Waals surface area contributed by atoms with Gasteiger partial charge in [-0.15, -0.1) is 22.7 Å². The van der Waals surface area contributed by atoms with Gasteiger partial charge in [0.25, 0.3) is 5.91 Å². The lowest BCUT2D eigenvalue weighted by molar-refractivity contribution is -0.0671. The summed E-state index contributed by atoms with van der Waals surface area (Å²) in [4.78, 5) is 27.1. The predicted molar refractivity (Wildman–Crippen MR) is 114 cm³/mol. The number of thiophene rings is 2. The van der Waals surface area contributed by atoms with Gasteiger partial charge in [-0.1, -0.05) is 33.8 Å². The Morgan fingerprint density at radius 3 is 2.61 bits per heavy atom. The van der Waals surface area contributed by atoms with Gasteiger partial charge >= 0.3 is 5.97 Å². The van der Waals surface area contributed by atoms with Gasteiger partial charge in [0, 0.05) is 11.3 Å². The van der Waals surface area contributed by atoms with Crippen molar-refractivity contribution in [3.05, 3.63) is 38.4 Å². The Hall–Kier alpha value is -1.70. The minimum Gasteiger partial charge on any atom is -0.462 e. The highest BCUT2D eigenvalue weighted by molar-refractivity contribution is 7.17. The maximum Gasteiger partial charge on any atom is 0.341 e. The second-order valence-corrected chi connectivity index (χ2v) is 9.59. The Balaban J connectivity index is 2.06. The van der Waals surface area contributed by atoms with Gasteiger partial charge in [-0.05, 0) is 35.8 Å². The van der Waals surface area contributed by atoms with E-state index in [2.05, 4.69) is 33.0 Å². The molecule has 0 aromatic carbocycles. The molecule has 0 aliphatic carbocycles. The van der Waals surface area contributed by atoms with E-state index in [4.69, 9.17) is 9.47 Å². The van der Waals surface area contributed by atoms with Crippen LogP contribution in [0.3, 0.4) is 0 Å². The molecule has 0 fully saturated rings. The molecule has 1 aliphatic heterocycles. The standard InChI is InChI=1S/C21H27NO4S2/c1-6-25-21(24)16-13-10-14(11(2)3)26-17(12(4)5)18(13)28-20(16)22-19(23)15-8-7-9-27-15/h7-9,11-12,14,17H,6,10H2,1-5H3,(H,22,23)/t14-,17+/m1/s1. The van der Waals surface area contributed by atoms with Gasteiger partial charge in [0.05, 0.1) is 29.3 Å². The monoisotopic (exact) mass is 421 g/mol. The number of rotatable bonds is 6. The summed E-state index contributed by atoms with van der Waals surface area (Å²) >= 11 is 2.81. The molecule has 0 saturated carbocycles. The first-order chi connectivity index (χ1) is 13.3. The third-order valence-electron chi connectivity index (χ3n) is 4.82. The smallest absolute Gasteiger partial charge is 0.341 e. The number of nitrogens with one attached hydrogen (secondary N) is 1. The van der Waals surface area contributed by atoms with Crippen molar-refractivity contribution in [2.75, 3.05) is 11.9 Å². The van der Waals surface area contributed by atoms with Crippen LogP contribution < -0.4 is 5.32 Å². The van der Waals surface area contributed by atoms with E-state index in [1.165, 1.54) is 22.7 Å². The Bertz CT molecular complexity index is 839. The zero-order valence-corrected chi connectivity index (χ0v) is 18.5. The minimum atomic E-state index is -0.381. The average Bonchev–Trinajstić information content (AvgIpc) is 3.28. The van der Waals surface area contributed by atoms with Gasteiger partial charge in [-0.25, -0.2) is 4.79 Å². The van der Waals surface area contributed by atoms with Gasteiger partial charge in [-0.2, -0.15) is 0 Å². The third kappa shape index (κ3) is 4.16. The summed E-state index contributed by atoms with van der Waals surface area (Å²) in [6, 6.07) is 3.60. The zero-order valence-electron chi connectivity index (χ0n) is 16.9. The number of anilines is 1. The van der Waals surface area contributed by atoms with Gasteiger partial charge in [0.2, 0.25) is 0 Å². The molecule has 3 rings (SSSR count). The van der Waals surface area contributed by atoms with E-state index in [9.17, 15) is 9.59 Å². The highest BCUT2D eigenvalue weighted by atomic mass is 32.1. The van der Waals surface area contributed by atoms with E-state index in [0.717, 1.165) is 10.4 Å². The molecule has 28 heavy (non-hydrogen) atoms. The molecule has 1 aliphatic rings. The quantitative estimate of drug-likeness (QED) is 0.623. The average molecular weight is 422 g/mol. The van der Waals surface area contributed by atoms with E-state index in [0.29, 0.717) is 34.4 Å². The Morgan fingerprint density at radius 2 is 2.04 bits per heavy atom. The van der Waals surface area contributed by atoms with E-state index in [-0.39, 0.29) is 30.0 Å². The first-order valence-corrected chi connectivity index (χ1v) is 11.4. The van der Waals surface area contributed by atoms with Crippen molar-refractivity contribution >= 4 is 39.6 Å². The molecule has 3 heterocycles. The van der Waals surface area contributed by atoms with Crippen LogP contribution >= 0.6 is 22.7 Å². The van der Waals surface area contributed by atoms with Crippen molar-refractivity contribution in [3.63, 3.8) is 0 Å². The number of carbonyl (C=O) groups is 2. The molecule has 1 amide bonds. The molecule has 0 spiro atoms. The lowest BCUT2D eigenvalue weighted by atomic mass is 9.89. The summed E-state index contributed by atoms with van der Waals surface area (Å²) < 4.78 is 11.7. The van der Waals surface area contributed by atoms with Crippen LogP contribution in [0.4, 0.5) is 5.00 Å². The van der Waals surface area contributed by atoms with Crippen LogP contribution in [0.25, 0.3) is 0 Å². The van der Waals surface area contributed by atoms with Crippen molar-refractivity contribution in [2.24, 2.45) is 11.8 Å². The largest absolute Gasteiger partial charge is 0.462 e. The molecule has 2 aromatic rings. The molecule has 7 heteroatoms. The molecular weight excluding hydrogens is 394 g/mol. The van der Waals surface area contributed by atoms with Crippen molar-refractivity contribution < 1.29 is 19.1 Å². The molecule has 152 valence electrons. The number of ether oxygens (including phenoxy) is 2. The second-order valence-electron chi connectivity index (χ2n) is 7.59. The van der Waals surface area contributed by atoms with Crippen LogP contribution in [0.5, 0.6) is 0 Å². The molecular formula is C21H27NO4S2. The number of amides is 1. The molecule has 0 radical (unpaired) electrons. The third-order valence-corrected chi connectivity index (χ3v) is 6.90. The van der Waals surface area contributed by atoms with Crippen LogP contribution in [0, 0.1) is 11.8 Å². The molecule has 0 bridgehead atoms. The van der Waals surface area contributed by atoms with Crippen molar-refractivity contribution in [2.45, 2.75) is 53.2 Å². The van der Waals surface area contributed by atoms with E-state index < -0.39 is 0 Å².